The van der Waals surface area contributed by atoms with Crippen molar-refractivity contribution in [3.8, 4) is 0 Å². The minimum absolute atomic E-state index is 0.173. The van der Waals surface area contributed by atoms with Crippen molar-refractivity contribution < 1.29 is 19.4 Å². The molecule has 3 aliphatic heterocycles. The summed E-state index contributed by atoms with van der Waals surface area (Å²) >= 11 is 0. The maximum Gasteiger partial charge on any atom is 0.270 e. The van der Waals surface area contributed by atoms with Crippen LogP contribution < -0.4 is 10.6 Å². The molecule has 3 N–H and O–H groups in total. The Hall–Kier alpha value is -2.59. The topological polar surface area (TPSA) is 109 Å². The third-order valence-corrected chi connectivity index (χ3v) is 6.35. The van der Waals surface area contributed by atoms with Crippen LogP contribution >= 0.6 is 0 Å². The van der Waals surface area contributed by atoms with Crippen molar-refractivity contribution in [2.24, 2.45) is 5.92 Å². The average molecular weight is 454 g/mol. The zero-order valence-electron chi connectivity index (χ0n) is 18.7. The number of aromatic nitrogens is 2. The molecule has 3 aliphatic rings. The summed E-state index contributed by atoms with van der Waals surface area (Å²) in [4.78, 5) is 24.1. The third kappa shape index (κ3) is 5.67. The fourth-order valence-corrected chi connectivity index (χ4v) is 4.34. The van der Waals surface area contributed by atoms with Gasteiger partial charge in [0.1, 0.15) is 17.3 Å². The Morgan fingerprint density at radius 1 is 1.15 bits per heavy atom. The first kappa shape index (κ1) is 22.2. The van der Waals surface area contributed by atoms with Gasteiger partial charge in [0.05, 0.1) is 38.6 Å². The van der Waals surface area contributed by atoms with Crippen LogP contribution in [0, 0.1) is 5.92 Å². The smallest absolute Gasteiger partial charge is 0.270 e. The molecule has 5 rings (SSSR count). The minimum atomic E-state index is -0.655. The summed E-state index contributed by atoms with van der Waals surface area (Å²) in [6.07, 6.45) is 1.00. The second-order valence-electron chi connectivity index (χ2n) is 9.16. The van der Waals surface area contributed by atoms with Gasteiger partial charge in [0, 0.05) is 44.6 Å². The number of nitrogens with one attached hydrogen (secondary N) is 2. The molecule has 1 aromatic carbocycles. The van der Waals surface area contributed by atoms with Crippen molar-refractivity contribution in [2.45, 2.75) is 31.5 Å². The molecule has 0 bridgehead atoms. The fraction of sp³-hybridized carbons (Fsp3) is 0.542. The van der Waals surface area contributed by atoms with E-state index in [1.807, 2.05) is 6.07 Å². The number of aliphatic hydroxyl groups is 1. The lowest BCUT2D eigenvalue weighted by atomic mass is 10.00. The number of ether oxygens (including phenoxy) is 2. The number of rotatable bonds is 9. The van der Waals surface area contributed by atoms with Crippen LogP contribution in [0.5, 0.6) is 0 Å². The SMILES string of the molecule is O=C(NC[C@H](O)CN1CCc2ccccc2C1)c1cc(NC2COC2)nc(CC2COC2)n1. The van der Waals surface area contributed by atoms with Gasteiger partial charge in [0.25, 0.3) is 5.91 Å². The van der Waals surface area contributed by atoms with Crippen LogP contribution in [0.4, 0.5) is 5.82 Å². The van der Waals surface area contributed by atoms with Gasteiger partial charge < -0.3 is 25.2 Å². The number of carbonyl (C=O) groups is 1. The van der Waals surface area contributed by atoms with Crippen molar-refractivity contribution in [2.75, 3.05) is 51.4 Å². The van der Waals surface area contributed by atoms with Gasteiger partial charge in [-0.05, 0) is 17.5 Å². The highest BCUT2D eigenvalue weighted by atomic mass is 16.5. The van der Waals surface area contributed by atoms with E-state index in [4.69, 9.17) is 9.47 Å². The summed E-state index contributed by atoms with van der Waals surface area (Å²) in [5, 5.41) is 16.7. The van der Waals surface area contributed by atoms with Crippen LogP contribution in [0.1, 0.15) is 27.4 Å². The molecule has 33 heavy (non-hydrogen) atoms. The van der Waals surface area contributed by atoms with Crippen molar-refractivity contribution >= 4 is 11.7 Å². The Kier molecular flexibility index (Phi) is 6.82. The van der Waals surface area contributed by atoms with Crippen molar-refractivity contribution in [3.05, 3.63) is 53.0 Å². The Labute approximate surface area is 193 Å². The number of anilines is 1. The second-order valence-corrected chi connectivity index (χ2v) is 9.16. The van der Waals surface area contributed by atoms with Gasteiger partial charge in [0.2, 0.25) is 0 Å². The molecular formula is C24H31N5O4. The van der Waals surface area contributed by atoms with E-state index in [1.165, 1.54) is 11.1 Å². The molecule has 0 unspecified atom stereocenters. The maximum atomic E-state index is 12.8. The normalized spacial score (nSPS) is 19.8. The molecule has 4 heterocycles. The number of benzene rings is 1. The molecule has 2 aromatic rings. The molecule has 9 heteroatoms. The largest absolute Gasteiger partial charge is 0.390 e. The predicted octanol–water partition coefficient (Wildman–Crippen LogP) is 0.625. The molecule has 2 saturated heterocycles. The van der Waals surface area contributed by atoms with E-state index in [-0.39, 0.29) is 18.5 Å². The zero-order chi connectivity index (χ0) is 22.6. The van der Waals surface area contributed by atoms with Crippen molar-refractivity contribution in [3.63, 3.8) is 0 Å². The number of fused-ring (bicyclic) bond motifs is 1. The molecule has 176 valence electrons. The summed E-state index contributed by atoms with van der Waals surface area (Å²) in [5.41, 5.74) is 2.99. The van der Waals surface area contributed by atoms with Crippen molar-refractivity contribution in [1.82, 2.24) is 20.2 Å². The maximum absolute atomic E-state index is 12.8. The van der Waals surface area contributed by atoms with E-state index in [0.29, 0.717) is 62.6 Å². The summed E-state index contributed by atoms with van der Waals surface area (Å²) in [6.45, 7) is 5.07. The van der Waals surface area contributed by atoms with Gasteiger partial charge in [-0.3, -0.25) is 9.69 Å². The van der Waals surface area contributed by atoms with Crippen molar-refractivity contribution in [1.29, 1.82) is 0 Å². The first-order valence-electron chi connectivity index (χ1n) is 11.7. The van der Waals surface area contributed by atoms with Gasteiger partial charge >= 0.3 is 0 Å². The van der Waals surface area contributed by atoms with E-state index in [9.17, 15) is 9.90 Å². The molecule has 0 spiro atoms. The van der Waals surface area contributed by atoms with Gasteiger partial charge in [-0.25, -0.2) is 9.97 Å². The molecule has 1 amide bonds. The second kappa shape index (κ2) is 10.1. The summed E-state index contributed by atoms with van der Waals surface area (Å²) in [6, 6.07) is 10.3. The quantitative estimate of drug-likeness (QED) is 0.507. The van der Waals surface area contributed by atoms with E-state index < -0.39 is 6.10 Å². The number of amides is 1. The predicted molar refractivity (Wildman–Crippen MR) is 122 cm³/mol. The molecule has 9 nitrogen and oxygen atoms in total. The Balaban J connectivity index is 1.17. The highest BCUT2D eigenvalue weighted by Crippen LogP contribution is 2.19. The Morgan fingerprint density at radius 3 is 2.67 bits per heavy atom. The number of β-amino-alcohol motifs (C(OH)–C–C–N with tert-alkyl or cyclic N) is 1. The highest BCUT2D eigenvalue weighted by Gasteiger charge is 2.24. The molecule has 1 aromatic heterocycles. The zero-order valence-corrected chi connectivity index (χ0v) is 18.7. The number of hydrogen-bond acceptors (Lipinski definition) is 8. The standard InChI is InChI=1S/C24H31N5O4/c30-20(11-29-6-5-17-3-1-2-4-18(17)10-29)9-25-24(31)21-8-23(26-19-14-33-15-19)28-22(27-21)7-16-12-32-13-16/h1-4,8,16,19-20,30H,5-7,9-15H2,(H,25,31)(H,26,27,28)/t20-/m0/s1. The molecule has 2 fully saturated rings. The molecule has 0 aliphatic carbocycles. The monoisotopic (exact) mass is 453 g/mol. The van der Waals surface area contributed by atoms with E-state index in [1.54, 1.807) is 6.07 Å². The van der Waals surface area contributed by atoms with Crippen LogP contribution in [0.15, 0.2) is 30.3 Å². The van der Waals surface area contributed by atoms with Crippen LogP contribution in [0.2, 0.25) is 0 Å². The summed E-state index contributed by atoms with van der Waals surface area (Å²) in [7, 11) is 0. The lowest BCUT2D eigenvalue weighted by Gasteiger charge is -2.30. The molecule has 1 atom stereocenters. The average Bonchev–Trinajstić information content (AvgIpc) is 2.77. The van der Waals surface area contributed by atoms with E-state index >= 15 is 0 Å². The summed E-state index contributed by atoms with van der Waals surface area (Å²) in [5.74, 6) is 1.34. The van der Waals surface area contributed by atoms with Gasteiger partial charge in [0.15, 0.2) is 0 Å². The first-order chi connectivity index (χ1) is 16.1. The molecule has 0 saturated carbocycles. The Morgan fingerprint density at radius 2 is 1.94 bits per heavy atom. The minimum Gasteiger partial charge on any atom is -0.390 e. The number of carbonyl (C=O) groups excluding carboxylic acids is 1. The van der Waals surface area contributed by atoms with E-state index in [2.05, 4.69) is 43.7 Å². The number of nitrogens with zero attached hydrogens (tertiary/aromatic N) is 3. The van der Waals surface area contributed by atoms with Crippen LogP contribution in [-0.2, 0) is 28.9 Å². The van der Waals surface area contributed by atoms with Crippen LogP contribution in [-0.4, -0.2) is 84.1 Å². The Bertz CT molecular complexity index is 945. The lowest BCUT2D eigenvalue weighted by molar-refractivity contribution is -0.0321. The lowest BCUT2D eigenvalue weighted by Crippen LogP contribution is -2.42. The van der Waals surface area contributed by atoms with Gasteiger partial charge in [-0.1, -0.05) is 24.3 Å². The number of hydrogen-bond donors (Lipinski definition) is 3. The van der Waals surface area contributed by atoms with Gasteiger partial charge in [-0.2, -0.15) is 0 Å². The summed E-state index contributed by atoms with van der Waals surface area (Å²) < 4.78 is 10.5. The van der Waals surface area contributed by atoms with Crippen LogP contribution in [0.3, 0.4) is 0 Å². The fourth-order valence-electron chi connectivity index (χ4n) is 4.34. The highest BCUT2D eigenvalue weighted by molar-refractivity contribution is 5.92. The number of aliphatic hydroxyl groups excluding tert-OH is 1. The molecular weight excluding hydrogens is 422 g/mol. The molecule has 0 radical (unpaired) electrons. The van der Waals surface area contributed by atoms with Gasteiger partial charge in [-0.15, -0.1) is 0 Å². The first-order valence-corrected chi connectivity index (χ1v) is 11.7. The third-order valence-electron chi connectivity index (χ3n) is 6.35. The van der Waals surface area contributed by atoms with Crippen LogP contribution in [0.25, 0.3) is 0 Å². The van der Waals surface area contributed by atoms with E-state index in [0.717, 1.165) is 19.5 Å².